The summed E-state index contributed by atoms with van der Waals surface area (Å²) in [5, 5.41) is 10.5. The van der Waals surface area contributed by atoms with Crippen LogP contribution in [0.3, 0.4) is 0 Å². The Balaban J connectivity index is 2.47. The van der Waals surface area contributed by atoms with Crippen molar-refractivity contribution >= 4 is 15.9 Å². The van der Waals surface area contributed by atoms with E-state index in [2.05, 4.69) is 20.9 Å². The van der Waals surface area contributed by atoms with E-state index in [-0.39, 0.29) is 0 Å². The molecular formula is C15H16BrNO2. The van der Waals surface area contributed by atoms with Crippen LogP contribution in [0.15, 0.2) is 34.9 Å². The molecular weight excluding hydrogens is 306 g/mol. The van der Waals surface area contributed by atoms with Gasteiger partial charge in [0.25, 0.3) is 0 Å². The number of aryl methyl sites for hydroxylation is 2. The zero-order chi connectivity index (χ0) is 14.0. The molecule has 0 bridgehead atoms. The van der Waals surface area contributed by atoms with E-state index in [4.69, 9.17) is 4.74 Å². The molecule has 0 spiro atoms. The van der Waals surface area contributed by atoms with Crippen molar-refractivity contribution in [2.45, 2.75) is 20.0 Å². The third-order valence-electron chi connectivity index (χ3n) is 3.05. The van der Waals surface area contributed by atoms with Gasteiger partial charge in [0.1, 0.15) is 17.5 Å². The summed E-state index contributed by atoms with van der Waals surface area (Å²) in [6.45, 7) is 4.01. The lowest BCUT2D eigenvalue weighted by Crippen LogP contribution is -2.05. The van der Waals surface area contributed by atoms with E-state index >= 15 is 0 Å². The second-order valence-electron chi connectivity index (χ2n) is 4.46. The molecule has 1 N–H and O–H groups in total. The van der Waals surface area contributed by atoms with Crippen molar-refractivity contribution in [3.8, 4) is 5.75 Å². The van der Waals surface area contributed by atoms with Crippen molar-refractivity contribution in [2.75, 3.05) is 7.11 Å². The number of pyridine rings is 1. The normalized spacial score (nSPS) is 12.3. The van der Waals surface area contributed by atoms with Crippen LogP contribution in [0.2, 0.25) is 0 Å². The van der Waals surface area contributed by atoms with Gasteiger partial charge in [-0.15, -0.1) is 0 Å². The van der Waals surface area contributed by atoms with Crippen LogP contribution >= 0.6 is 15.9 Å². The van der Waals surface area contributed by atoms with E-state index in [0.29, 0.717) is 11.4 Å². The first-order chi connectivity index (χ1) is 9.04. The van der Waals surface area contributed by atoms with Crippen LogP contribution in [0.25, 0.3) is 0 Å². The number of rotatable bonds is 3. The zero-order valence-corrected chi connectivity index (χ0v) is 12.7. The molecule has 100 valence electrons. The monoisotopic (exact) mass is 321 g/mol. The molecule has 0 aliphatic carbocycles. The Hall–Kier alpha value is -1.39. The largest absolute Gasteiger partial charge is 0.495 e. The lowest BCUT2D eigenvalue weighted by molar-refractivity contribution is 0.209. The Morgan fingerprint density at radius 3 is 2.47 bits per heavy atom. The maximum atomic E-state index is 10.5. The van der Waals surface area contributed by atoms with E-state index in [9.17, 15) is 5.11 Å². The third kappa shape index (κ3) is 2.80. The fourth-order valence-electron chi connectivity index (χ4n) is 2.08. The smallest absolute Gasteiger partial charge is 0.143 e. The molecule has 19 heavy (non-hydrogen) atoms. The van der Waals surface area contributed by atoms with Gasteiger partial charge in [-0.05, 0) is 42.7 Å². The van der Waals surface area contributed by atoms with Crippen LogP contribution in [-0.4, -0.2) is 17.2 Å². The Morgan fingerprint density at radius 1 is 1.26 bits per heavy atom. The van der Waals surface area contributed by atoms with E-state index in [0.717, 1.165) is 21.2 Å². The second kappa shape index (κ2) is 5.72. The summed E-state index contributed by atoms with van der Waals surface area (Å²) in [4.78, 5) is 4.22. The number of benzene rings is 1. The van der Waals surface area contributed by atoms with Gasteiger partial charge in [-0.1, -0.05) is 28.1 Å². The molecule has 1 unspecified atom stereocenters. The summed E-state index contributed by atoms with van der Waals surface area (Å²) in [5.74, 6) is 0.591. The van der Waals surface area contributed by atoms with Gasteiger partial charge >= 0.3 is 0 Å². The molecule has 0 fully saturated rings. The minimum absolute atomic E-state index is 0.533. The Labute approximate surface area is 121 Å². The highest BCUT2D eigenvalue weighted by Crippen LogP contribution is 2.31. The maximum absolute atomic E-state index is 10.5. The van der Waals surface area contributed by atoms with Crippen LogP contribution < -0.4 is 4.74 Å². The third-order valence-corrected chi connectivity index (χ3v) is 4.30. The van der Waals surface area contributed by atoms with E-state index in [1.165, 1.54) is 0 Å². The van der Waals surface area contributed by atoms with Crippen molar-refractivity contribution in [1.29, 1.82) is 0 Å². The van der Waals surface area contributed by atoms with Crippen molar-refractivity contribution in [3.63, 3.8) is 0 Å². The predicted octanol–water partition coefficient (Wildman–Crippen LogP) is 3.55. The first-order valence-electron chi connectivity index (χ1n) is 5.98. The van der Waals surface area contributed by atoms with Gasteiger partial charge in [0, 0.05) is 10.7 Å². The molecule has 1 aromatic heterocycles. The highest BCUT2D eigenvalue weighted by Gasteiger charge is 2.18. The predicted molar refractivity (Wildman–Crippen MR) is 78.5 cm³/mol. The quantitative estimate of drug-likeness (QED) is 0.940. The summed E-state index contributed by atoms with van der Waals surface area (Å²) in [6, 6.07) is 7.49. The number of methoxy groups -OCH3 is 1. The standard InChI is InChI=1S/C15H16BrNO2/c1-9-7-11(8-10(2)13(9)16)15(18)14-12(19-3)5-4-6-17-14/h4-8,15,18H,1-3H3. The van der Waals surface area contributed by atoms with Crippen molar-refractivity contribution in [1.82, 2.24) is 4.98 Å². The van der Waals surface area contributed by atoms with Gasteiger partial charge in [-0.2, -0.15) is 0 Å². The number of nitrogens with zero attached hydrogens (tertiary/aromatic N) is 1. The topological polar surface area (TPSA) is 42.4 Å². The molecule has 4 heteroatoms. The molecule has 0 saturated carbocycles. The number of aromatic nitrogens is 1. The fraction of sp³-hybridized carbons (Fsp3) is 0.267. The molecule has 2 aromatic rings. The van der Waals surface area contributed by atoms with Crippen molar-refractivity contribution in [3.05, 3.63) is 57.3 Å². The van der Waals surface area contributed by atoms with Crippen LogP contribution in [0.1, 0.15) is 28.5 Å². The van der Waals surface area contributed by atoms with Crippen LogP contribution in [0, 0.1) is 13.8 Å². The van der Waals surface area contributed by atoms with Gasteiger partial charge in [-0.3, -0.25) is 4.98 Å². The fourth-order valence-corrected chi connectivity index (χ4v) is 2.30. The summed E-state index contributed by atoms with van der Waals surface area (Å²) >= 11 is 3.52. The molecule has 1 aromatic carbocycles. The van der Waals surface area contributed by atoms with Gasteiger partial charge in [0.15, 0.2) is 0 Å². The van der Waals surface area contributed by atoms with Gasteiger partial charge in [0.2, 0.25) is 0 Å². The van der Waals surface area contributed by atoms with Crippen LogP contribution in [-0.2, 0) is 0 Å². The molecule has 0 saturated heterocycles. The molecule has 3 nitrogen and oxygen atoms in total. The Morgan fingerprint density at radius 2 is 1.89 bits per heavy atom. The van der Waals surface area contributed by atoms with E-state index < -0.39 is 6.10 Å². The Kier molecular flexibility index (Phi) is 4.22. The minimum Gasteiger partial charge on any atom is -0.495 e. The summed E-state index contributed by atoms with van der Waals surface area (Å²) < 4.78 is 6.31. The summed E-state index contributed by atoms with van der Waals surface area (Å²) in [7, 11) is 1.57. The van der Waals surface area contributed by atoms with E-state index in [1.54, 1.807) is 25.4 Å². The van der Waals surface area contributed by atoms with Gasteiger partial charge in [-0.25, -0.2) is 0 Å². The molecule has 0 amide bonds. The highest BCUT2D eigenvalue weighted by atomic mass is 79.9. The van der Waals surface area contributed by atoms with Crippen LogP contribution in [0.5, 0.6) is 5.75 Å². The Bertz CT molecular complexity index is 575. The molecule has 1 heterocycles. The molecule has 0 radical (unpaired) electrons. The van der Waals surface area contributed by atoms with E-state index in [1.807, 2.05) is 26.0 Å². The maximum Gasteiger partial charge on any atom is 0.143 e. The minimum atomic E-state index is -0.790. The number of aliphatic hydroxyl groups excluding tert-OH is 1. The van der Waals surface area contributed by atoms with Crippen molar-refractivity contribution in [2.24, 2.45) is 0 Å². The first-order valence-corrected chi connectivity index (χ1v) is 6.77. The average molecular weight is 322 g/mol. The highest BCUT2D eigenvalue weighted by molar-refractivity contribution is 9.10. The molecule has 1 atom stereocenters. The average Bonchev–Trinajstić information content (AvgIpc) is 2.43. The first kappa shape index (κ1) is 14.0. The SMILES string of the molecule is COc1cccnc1C(O)c1cc(C)c(Br)c(C)c1. The summed E-state index contributed by atoms with van der Waals surface area (Å²) in [5.41, 5.74) is 3.52. The van der Waals surface area contributed by atoms with Crippen LogP contribution in [0.4, 0.5) is 0 Å². The number of hydrogen-bond acceptors (Lipinski definition) is 3. The molecule has 0 aliphatic heterocycles. The molecule has 2 rings (SSSR count). The molecule has 0 aliphatic rings. The number of halogens is 1. The number of ether oxygens (including phenoxy) is 1. The number of hydrogen-bond donors (Lipinski definition) is 1. The second-order valence-corrected chi connectivity index (χ2v) is 5.26. The number of aliphatic hydroxyl groups is 1. The summed E-state index contributed by atoms with van der Waals surface area (Å²) in [6.07, 6.45) is 0.862. The van der Waals surface area contributed by atoms with Gasteiger partial charge < -0.3 is 9.84 Å². The zero-order valence-electron chi connectivity index (χ0n) is 11.1. The lowest BCUT2D eigenvalue weighted by Gasteiger charge is -2.16. The van der Waals surface area contributed by atoms with Crippen molar-refractivity contribution < 1.29 is 9.84 Å². The lowest BCUT2D eigenvalue weighted by atomic mass is 10.0. The van der Waals surface area contributed by atoms with Gasteiger partial charge in [0.05, 0.1) is 7.11 Å².